The highest BCUT2D eigenvalue weighted by atomic mass is 16.5. The van der Waals surface area contributed by atoms with Gasteiger partial charge in [-0.15, -0.1) is 0 Å². The van der Waals surface area contributed by atoms with E-state index in [2.05, 4.69) is 11.4 Å². The fourth-order valence-electron chi connectivity index (χ4n) is 3.29. The molecular formula is C18H23NO5. The summed E-state index contributed by atoms with van der Waals surface area (Å²) in [6, 6.07) is 6.15. The minimum atomic E-state index is -0.743. The Balaban J connectivity index is 1.59. The maximum Gasteiger partial charge on any atom is 0.374 e. The van der Waals surface area contributed by atoms with Crippen molar-refractivity contribution in [1.82, 2.24) is 0 Å². The average Bonchev–Trinajstić information content (AvgIpc) is 2.58. The van der Waals surface area contributed by atoms with Crippen molar-refractivity contribution in [3.63, 3.8) is 0 Å². The SMILES string of the molecule is CCOC(=O)C(=O)CCCc1ccc2c(c1)[C@H]1C[C@@H](N2)[C@H](O)CO1. The highest BCUT2D eigenvalue weighted by Crippen LogP contribution is 2.39. The van der Waals surface area contributed by atoms with Gasteiger partial charge in [-0.1, -0.05) is 12.1 Å². The van der Waals surface area contributed by atoms with Gasteiger partial charge in [0.25, 0.3) is 0 Å². The van der Waals surface area contributed by atoms with Gasteiger partial charge in [0.05, 0.1) is 31.5 Å². The summed E-state index contributed by atoms with van der Waals surface area (Å²) in [5.41, 5.74) is 3.22. The van der Waals surface area contributed by atoms with Crippen molar-refractivity contribution in [3.8, 4) is 0 Å². The zero-order valence-corrected chi connectivity index (χ0v) is 13.8. The summed E-state index contributed by atoms with van der Waals surface area (Å²) < 4.78 is 10.4. The number of fused-ring (bicyclic) bond motifs is 4. The number of benzene rings is 1. The number of hydrogen-bond donors (Lipinski definition) is 2. The minimum absolute atomic E-state index is 0.00997. The second-order valence-electron chi connectivity index (χ2n) is 6.29. The van der Waals surface area contributed by atoms with Crippen LogP contribution in [-0.4, -0.2) is 42.2 Å². The van der Waals surface area contributed by atoms with Crippen LogP contribution in [0.2, 0.25) is 0 Å². The molecule has 130 valence electrons. The van der Waals surface area contributed by atoms with Crippen molar-refractivity contribution >= 4 is 17.4 Å². The van der Waals surface area contributed by atoms with Crippen LogP contribution in [0.15, 0.2) is 18.2 Å². The summed E-state index contributed by atoms with van der Waals surface area (Å²) in [6.45, 7) is 2.25. The standard InChI is InChI=1S/C18H23NO5/c1-2-23-18(22)15(20)5-3-4-11-6-7-13-12(8-11)17-9-14(19-13)16(21)10-24-17/h6-8,14,16-17,19,21H,2-5,9-10H2,1H3/t14-,16-,17-/m1/s1. The fourth-order valence-corrected chi connectivity index (χ4v) is 3.29. The summed E-state index contributed by atoms with van der Waals surface area (Å²) in [5.74, 6) is -1.21. The molecule has 6 nitrogen and oxygen atoms in total. The largest absolute Gasteiger partial charge is 0.460 e. The number of rotatable bonds is 6. The average molecular weight is 333 g/mol. The van der Waals surface area contributed by atoms with E-state index < -0.39 is 17.9 Å². The normalized spacial score (nSPS) is 24.7. The van der Waals surface area contributed by atoms with Crippen molar-refractivity contribution in [1.29, 1.82) is 0 Å². The van der Waals surface area contributed by atoms with Crippen molar-refractivity contribution in [2.45, 2.75) is 50.9 Å². The van der Waals surface area contributed by atoms with Gasteiger partial charge in [0, 0.05) is 24.1 Å². The number of hydrogen-bond acceptors (Lipinski definition) is 6. The summed E-state index contributed by atoms with van der Waals surface area (Å²) in [7, 11) is 0. The molecule has 0 saturated carbocycles. The van der Waals surface area contributed by atoms with Crippen LogP contribution in [0.4, 0.5) is 5.69 Å². The van der Waals surface area contributed by atoms with E-state index in [0.717, 1.165) is 29.7 Å². The number of esters is 1. The third-order valence-corrected chi connectivity index (χ3v) is 4.58. The lowest BCUT2D eigenvalue weighted by atomic mass is 9.88. The van der Waals surface area contributed by atoms with E-state index in [1.54, 1.807) is 6.92 Å². The molecule has 0 unspecified atom stereocenters. The van der Waals surface area contributed by atoms with Crippen LogP contribution in [0.1, 0.15) is 43.4 Å². The van der Waals surface area contributed by atoms with Gasteiger partial charge in [-0.3, -0.25) is 4.79 Å². The van der Waals surface area contributed by atoms with Gasteiger partial charge in [-0.25, -0.2) is 4.79 Å². The molecule has 0 amide bonds. The lowest BCUT2D eigenvalue weighted by Crippen LogP contribution is -2.45. The molecular weight excluding hydrogens is 310 g/mol. The zero-order valence-electron chi connectivity index (χ0n) is 13.8. The number of Topliss-reactive ketones (excluding diaryl/α,β-unsaturated/α-hetero) is 1. The summed E-state index contributed by atoms with van der Waals surface area (Å²) in [6.07, 6.45) is 1.83. The first-order valence-electron chi connectivity index (χ1n) is 8.47. The Morgan fingerprint density at radius 1 is 1.42 bits per heavy atom. The highest BCUT2D eigenvalue weighted by molar-refractivity contribution is 6.33. The molecule has 1 aromatic carbocycles. The molecule has 3 rings (SSSR count). The van der Waals surface area contributed by atoms with Gasteiger partial charge < -0.3 is 19.9 Å². The number of anilines is 1. The van der Waals surface area contributed by atoms with Gasteiger partial charge in [0.15, 0.2) is 0 Å². The first kappa shape index (κ1) is 16.9. The van der Waals surface area contributed by atoms with Crippen LogP contribution in [-0.2, 0) is 25.5 Å². The molecule has 6 heteroatoms. The first-order chi connectivity index (χ1) is 11.6. The van der Waals surface area contributed by atoms with Crippen molar-refractivity contribution in [2.24, 2.45) is 0 Å². The molecule has 1 fully saturated rings. The lowest BCUT2D eigenvalue weighted by molar-refractivity contribution is -0.153. The number of ketones is 1. The third kappa shape index (κ3) is 3.60. The summed E-state index contributed by atoms with van der Waals surface area (Å²) >= 11 is 0. The number of carbonyl (C=O) groups excluding carboxylic acids is 2. The molecule has 0 aromatic heterocycles. The molecule has 2 aliphatic heterocycles. The van der Waals surface area contributed by atoms with E-state index >= 15 is 0 Å². The molecule has 2 N–H and O–H groups in total. The number of aliphatic hydroxyl groups is 1. The van der Waals surface area contributed by atoms with Gasteiger partial charge in [-0.05, 0) is 31.4 Å². The maximum absolute atomic E-state index is 11.6. The highest BCUT2D eigenvalue weighted by Gasteiger charge is 2.36. The van der Waals surface area contributed by atoms with Crippen LogP contribution < -0.4 is 5.32 Å². The van der Waals surface area contributed by atoms with E-state index in [1.165, 1.54) is 0 Å². The number of aliphatic hydroxyl groups excluding tert-OH is 1. The minimum Gasteiger partial charge on any atom is -0.460 e. The van der Waals surface area contributed by atoms with Gasteiger partial charge in [-0.2, -0.15) is 0 Å². The van der Waals surface area contributed by atoms with Crippen LogP contribution in [0, 0.1) is 0 Å². The Labute approximate surface area is 141 Å². The summed E-state index contributed by atoms with van der Waals surface area (Å²) in [4.78, 5) is 22.9. The Hall–Kier alpha value is -1.92. The van der Waals surface area contributed by atoms with Crippen LogP contribution >= 0.6 is 0 Å². The molecule has 3 atom stereocenters. The van der Waals surface area contributed by atoms with Gasteiger partial charge in [0.1, 0.15) is 0 Å². The number of carbonyl (C=O) groups is 2. The Bertz CT molecular complexity index is 630. The maximum atomic E-state index is 11.6. The van der Waals surface area contributed by atoms with Gasteiger partial charge >= 0.3 is 5.97 Å². The second kappa shape index (κ2) is 7.32. The molecule has 1 aromatic rings. The van der Waals surface area contributed by atoms with E-state index in [-0.39, 0.29) is 25.2 Å². The first-order valence-corrected chi connectivity index (χ1v) is 8.47. The fraction of sp³-hybridized carbons (Fsp3) is 0.556. The number of aryl methyl sites for hydroxylation is 1. The predicted molar refractivity (Wildman–Crippen MR) is 87.7 cm³/mol. The Morgan fingerprint density at radius 3 is 3.04 bits per heavy atom. The van der Waals surface area contributed by atoms with Crippen molar-refractivity contribution in [2.75, 3.05) is 18.5 Å². The second-order valence-corrected chi connectivity index (χ2v) is 6.29. The Morgan fingerprint density at radius 2 is 2.25 bits per heavy atom. The lowest BCUT2D eigenvalue weighted by Gasteiger charge is -2.40. The van der Waals surface area contributed by atoms with Crippen LogP contribution in [0.25, 0.3) is 0 Å². The molecule has 2 bridgehead atoms. The number of nitrogens with one attached hydrogen (secondary N) is 1. The van der Waals surface area contributed by atoms with Crippen LogP contribution in [0.5, 0.6) is 0 Å². The number of ether oxygens (including phenoxy) is 2. The third-order valence-electron chi connectivity index (χ3n) is 4.58. The quantitative estimate of drug-likeness (QED) is 0.609. The molecule has 0 spiro atoms. The molecule has 1 saturated heterocycles. The van der Waals surface area contributed by atoms with Gasteiger partial charge in [0.2, 0.25) is 5.78 Å². The molecule has 2 heterocycles. The molecule has 2 aliphatic rings. The predicted octanol–water partition coefficient (Wildman–Crippen LogP) is 1.76. The van der Waals surface area contributed by atoms with E-state index in [0.29, 0.717) is 13.0 Å². The summed E-state index contributed by atoms with van der Waals surface area (Å²) in [5, 5.41) is 13.3. The molecule has 24 heavy (non-hydrogen) atoms. The van der Waals surface area contributed by atoms with E-state index in [1.807, 2.05) is 12.1 Å². The zero-order chi connectivity index (χ0) is 17.1. The van der Waals surface area contributed by atoms with E-state index in [9.17, 15) is 14.7 Å². The topological polar surface area (TPSA) is 84.9 Å². The molecule has 0 aliphatic carbocycles. The van der Waals surface area contributed by atoms with E-state index in [4.69, 9.17) is 9.47 Å². The van der Waals surface area contributed by atoms with Crippen molar-refractivity contribution < 1.29 is 24.2 Å². The Kier molecular flexibility index (Phi) is 5.16. The molecule has 0 radical (unpaired) electrons. The monoisotopic (exact) mass is 333 g/mol. The van der Waals surface area contributed by atoms with Crippen molar-refractivity contribution in [3.05, 3.63) is 29.3 Å². The van der Waals surface area contributed by atoms with Crippen LogP contribution in [0.3, 0.4) is 0 Å². The smallest absolute Gasteiger partial charge is 0.374 e.